The van der Waals surface area contributed by atoms with Gasteiger partial charge in [-0.2, -0.15) is 0 Å². The van der Waals surface area contributed by atoms with Crippen LogP contribution in [0.1, 0.15) is 0 Å². The molecule has 0 unspecified atom stereocenters. The smallest absolute Gasteiger partial charge is 0.164 e. The van der Waals surface area contributed by atoms with Gasteiger partial charge in [-0.05, 0) is 45.5 Å². The third kappa shape index (κ3) is 7.61. The zero-order valence-electron chi connectivity index (χ0n) is 32.5. The highest BCUT2D eigenvalue weighted by molar-refractivity contribution is 5.87. The van der Waals surface area contributed by atoms with Gasteiger partial charge < -0.3 is 0 Å². The van der Waals surface area contributed by atoms with E-state index in [2.05, 4.69) is 97.1 Å². The highest BCUT2D eigenvalue weighted by atomic mass is 15.0. The molecule has 282 valence electrons. The van der Waals surface area contributed by atoms with Gasteiger partial charge in [-0.25, -0.2) is 29.9 Å². The van der Waals surface area contributed by atoms with Crippen molar-refractivity contribution in [3.63, 3.8) is 0 Å². The second-order valence-electron chi connectivity index (χ2n) is 14.4. The Kier molecular flexibility index (Phi) is 9.84. The van der Waals surface area contributed by atoms with Crippen molar-refractivity contribution < 1.29 is 0 Å². The van der Waals surface area contributed by atoms with Crippen LogP contribution < -0.4 is 0 Å². The van der Waals surface area contributed by atoms with Crippen LogP contribution in [-0.4, -0.2) is 29.9 Å². The molecule has 0 atom stereocenters. The molecule has 0 spiro atoms. The number of hydrogen-bond donors (Lipinski definition) is 0. The Morgan fingerprint density at radius 2 is 0.417 bits per heavy atom. The molecule has 2 heterocycles. The second-order valence-corrected chi connectivity index (χ2v) is 14.4. The number of nitrogens with zero attached hydrogens (tertiary/aromatic N) is 6. The first-order valence-electron chi connectivity index (χ1n) is 19.9. The van der Waals surface area contributed by atoms with Crippen molar-refractivity contribution in [2.75, 3.05) is 0 Å². The van der Waals surface area contributed by atoms with Crippen LogP contribution in [0.15, 0.2) is 218 Å². The van der Waals surface area contributed by atoms with Gasteiger partial charge in [0.1, 0.15) is 0 Å². The lowest BCUT2D eigenvalue weighted by Gasteiger charge is -2.13. The number of rotatable bonds is 9. The van der Waals surface area contributed by atoms with Gasteiger partial charge in [0.2, 0.25) is 0 Å². The summed E-state index contributed by atoms with van der Waals surface area (Å²) < 4.78 is 0. The van der Waals surface area contributed by atoms with Gasteiger partial charge in [0, 0.05) is 33.4 Å². The van der Waals surface area contributed by atoms with Gasteiger partial charge in [-0.15, -0.1) is 0 Å². The molecule has 10 rings (SSSR count). The first kappa shape index (κ1) is 36.1. The Balaban J connectivity index is 0.980. The molecule has 0 aliphatic rings. The first-order valence-corrected chi connectivity index (χ1v) is 19.9. The summed E-state index contributed by atoms with van der Waals surface area (Å²) in [6.45, 7) is 0. The van der Waals surface area contributed by atoms with Gasteiger partial charge in [0.25, 0.3) is 0 Å². The van der Waals surface area contributed by atoms with E-state index in [0.29, 0.717) is 34.9 Å². The van der Waals surface area contributed by atoms with E-state index in [1.807, 2.05) is 121 Å². The maximum Gasteiger partial charge on any atom is 0.164 e. The highest BCUT2D eigenvalue weighted by Crippen LogP contribution is 2.36. The zero-order chi connectivity index (χ0) is 40.1. The normalized spacial score (nSPS) is 11.0. The summed E-state index contributed by atoms with van der Waals surface area (Å²) in [5, 5.41) is 0. The van der Waals surface area contributed by atoms with E-state index in [1.54, 1.807) is 0 Å². The van der Waals surface area contributed by atoms with E-state index < -0.39 is 0 Å². The summed E-state index contributed by atoms with van der Waals surface area (Å²) in [4.78, 5) is 29.6. The molecule has 0 fully saturated rings. The average molecular weight is 769 g/mol. The molecule has 0 bridgehead atoms. The molecule has 0 N–H and O–H groups in total. The van der Waals surface area contributed by atoms with Crippen LogP contribution in [0.25, 0.3) is 102 Å². The van der Waals surface area contributed by atoms with Gasteiger partial charge in [0.15, 0.2) is 34.9 Å². The van der Waals surface area contributed by atoms with Crippen molar-refractivity contribution in [3.8, 4) is 102 Å². The van der Waals surface area contributed by atoms with Crippen LogP contribution in [0, 0.1) is 0 Å². The number of aromatic nitrogens is 6. The van der Waals surface area contributed by atoms with Crippen molar-refractivity contribution >= 4 is 0 Å². The van der Waals surface area contributed by atoms with Gasteiger partial charge in [-0.1, -0.05) is 206 Å². The van der Waals surface area contributed by atoms with Crippen molar-refractivity contribution in [1.29, 1.82) is 0 Å². The fraction of sp³-hybridized carbons (Fsp3) is 0. The zero-order valence-corrected chi connectivity index (χ0v) is 32.5. The quantitative estimate of drug-likeness (QED) is 0.145. The molecule has 8 aromatic carbocycles. The van der Waals surface area contributed by atoms with Gasteiger partial charge in [-0.3, -0.25) is 0 Å². The first-order chi connectivity index (χ1) is 29.7. The largest absolute Gasteiger partial charge is 0.208 e. The summed E-state index contributed by atoms with van der Waals surface area (Å²) in [5.41, 5.74) is 12.2. The third-order valence-corrected chi connectivity index (χ3v) is 10.4. The van der Waals surface area contributed by atoms with Crippen molar-refractivity contribution in [3.05, 3.63) is 218 Å². The van der Waals surface area contributed by atoms with E-state index in [-0.39, 0.29) is 0 Å². The van der Waals surface area contributed by atoms with Gasteiger partial charge >= 0.3 is 0 Å². The monoisotopic (exact) mass is 768 g/mol. The van der Waals surface area contributed by atoms with E-state index in [0.717, 1.165) is 66.8 Å². The van der Waals surface area contributed by atoms with E-state index in [1.165, 1.54) is 0 Å². The summed E-state index contributed by atoms with van der Waals surface area (Å²) >= 11 is 0. The summed E-state index contributed by atoms with van der Waals surface area (Å²) in [7, 11) is 0. The van der Waals surface area contributed by atoms with Gasteiger partial charge in [0.05, 0.1) is 0 Å². The molecular formula is C54H36N6. The Morgan fingerprint density at radius 1 is 0.167 bits per heavy atom. The van der Waals surface area contributed by atoms with Crippen LogP contribution in [0.5, 0.6) is 0 Å². The molecule has 0 saturated carbocycles. The maximum atomic E-state index is 4.99. The van der Waals surface area contributed by atoms with Crippen LogP contribution in [0.3, 0.4) is 0 Å². The third-order valence-electron chi connectivity index (χ3n) is 10.4. The standard InChI is InChI=1S/C54H36N6/c1-5-17-38(18-6-1)49-55-50(39-19-7-2-8-20-39)58-53(57-49)42-33-31-37(32-34-42)43-25-15-26-44(35-43)47-29-13-14-30-48(47)45-27-16-28-46(36-45)54-59-51(40-21-9-3-10-22-40)56-52(60-54)41-23-11-4-12-24-41/h1-36H. The minimum Gasteiger partial charge on any atom is -0.208 e. The Hall–Kier alpha value is -8.22. The van der Waals surface area contributed by atoms with Crippen LogP contribution in [0.2, 0.25) is 0 Å². The Labute approximate surface area is 348 Å². The molecule has 0 aliphatic carbocycles. The van der Waals surface area contributed by atoms with Crippen molar-refractivity contribution in [2.24, 2.45) is 0 Å². The average Bonchev–Trinajstić information content (AvgIpc) is 3.35. The van der Waals surface area contributed by atoms with E-state index >= 15 is 0 Å². The fourth-order valence-corrected chi connectivity index (χ4v) is 7.37. The van der Waals surface area contributed by atoms with Crippen molar-refractivity contribution in [2.45, 2.75) is 0 Å². The highest BCUT2D eigenvalue weighted by Gasteiger charge is 2.16. The molecule has 60 heavy (non-hydrogen) atoms. The predicted molar refractivity (Wildman–Crippen MR) is 242 cm³/mol. The molecule has 2 aromatic heterocycles. The predicted octanol–water partition coefficient (Wildman–Crippen LogP) is 13.1. The molecule has 0 amide bonds. The SMILES string of the molecule is c1ccc(-c2nc(-c3ccccc3)nc(-c3ccc(-c4cccc(-c5ccccc5-c5cccc(-c6nc(-c7ccccc7)nc(-c7ccccc7)n6)c5)c4)cc3)n2)cc1. The summed E-state index contributed by atoms with van der Waals surface area (Å²) in [6.07, 6.45) is 0. The minimum atomic E-state index is 0.622. The second kappa shape index (κ2) is 16.3. The Bertz CT molecular complexity index is 2950. The van der Waals surface area contributed by atoms with Crippen LogP contribution >= 0.6 is 0 Å². The molecule has 0 saturated heterocycles. The topological polar surface area (TPSA) is 77.3 Å². The lowest BCUT2D eigenvalue weighted by atomic mass is 9.92. The molecule has 6 heteroatoms. The van der Waals surface area contributed by atoms with E-state index in [4.69, 9.17) is 29.9 Å². The molecule has 6 nitrogen and oxygen atoms in total. The molecular weight excluding hydrogens is 733 g/mol. The molecule has 0 radical (unpaired) electrons. The summed E-state index contributed by atoms with van der Waals surface area (Å²) in [5.74, 6) is 3.81. The molecule has 0 aliphatic heterocycles. The van der Waals surface area contributed by atoms with Crippen molar-refractivity contribution in [1.82, 2.24) is 29.9 Å². The number of benzene rings is 8. The number of hydrogen-bond acceptors (Lipinski definition) is 6. The maximum absolute atomic E-state index is 4.99. The lowest BCUT2D eigenvalue weighted by Crippen LogP contribution is -2.00. The summed E-state index contributed by atoms with van der Waals surface area (Å²) in [6, 6.07) is 74.4. The fourth-order valence-electron chi connectivity index (χ4n) is 7.37. The van der Waals surface area contributed by atoms with Crippen LogP contribution in [-0.2, 0) is 0 Å². The van der Waals surface area contributed by atoms with Crippen LogP contribution in [0.4, 0.5) is 0 Å². The molecule has 10 aromatic rings. The Morgan fingerprint density at radius 3 is 0.800 bits per heavy atom. The minimum absolute atomic E-state index is 0.622. The van der Waals surface area contributed by atoms with E-state index in [9.17, 15) is 0 Å². The lowest BCUT2D eigenvalue weighted by molar-refractivity contribution is 1.07.